The van der Waals surface area contributed by atoms with Crippen LogP contribution in [0, 0.1) is 11.6 Å². The molecule has 1 aliphatic heterocycles. The van der Waals surface area contributed by atoms with Crippen LogP contribution in [0.15, 0.2) is 42.6 Å². The molecule has 4 nitrogen and oxygen atoms in total. The minimum absolute atomic E-state index is 0.130. The van der Waals surface area contributed by atoms with Crippen LogP contribution in [0.2, 0.25) is 0 Å². The topological polar surface area (TPSA) is 42.4 Å². The lowest BCUT2D eigenvalue weighted by Crippen LogP contribution is -2.56. The smallest absolute Gasteiger partial charge is 0.254 e. The molecule has 2 aromatic rings. The fourth-order valence-electron chi connectivity index (χ4n) is 2.08. The Morgan fingerprint density at radius 1 is 1.19 bits per heavy atom. The van der Waals surface area contributed by atoms with E-state index in [-0.39, 0.29) is 17.6 Å². The lowest BCUT2D eigenvalue weighted by molar-refractivity contribution is 0.0160. The van der Waals surface area contributed by atoms with Crippen molar-refractivity contribution < 1.29 is 18.3 Å². The molecule has 0 aliphatic carbocycles. The average Bonchev–Trinajstić information content (AvgIpc) is 2.46. The molecule has 1 aromatic carbocycles. The van der Waals surface area contributed by atoms with E-state index >= 15 is 0 Å². The molecule has 3 rings (SSSR count). The van der Waals surface area contributed by atoms with Crippen molar-refractivity contribution in [2.75, 3.05) is 13.1 Å². The van der Waals surface area contributed by atoms with Gasteiger partial charge in [-0.05, 0) is 24.3 Å². The van der Waals surface area contributed by atoms with Gasteiger partial charge >= 0.3 is 0 Å². The van der Waals surface area contributed by atoms with Crippen LogP contribution < -0.4 is 4.74 Å². The van der Waals surface area contributed by atoms with E-state index in [0.29, 0.717) is 19.0 Å². The van der Waals surface area contributed by atoms with Gasteiger partial charge in [-0.1, -0.05) is 6.07 Å². The van der Waals surface area contributed by atoms with Gasteiger partial charge in [0.1, 0.15) is 6.10 Å². The zero-order valence-electron chi connectivity index (χ0n) is 11.0. The third-order valence-electron chi connectivity index (χ3n) is 3.23. The second-order valence-electron chi connectivity index (χ2n) is 4.75. The molecule has 2 heterocycles. The lowest BCUT2D eigenvalue weighted by Gasteiger charge is -2.38. The van der Waals surface area contributed by atoms with Crippen LogP contribution >= 0.6 is 0 Å². The summed E-state index contributed by atoms with van der Waals surface area (Å²) >= 11 is 0. The highest BCUT2D eigenvalue weighted by atomic mass is 19.2. The summed E-state index contributed by atoms with van der Waals surface area (Å²) in [5, 5.41) is 0. The number of aromatic nitrogens is 1. The van der Waals surface area contributed by atoms with E-state index in [1.807, 2.05) is 6.07 Å². The molecule has 108 valence electrons. The van der Waals surface area contributed by atoms with Crippen molar-refractivity contribution in [3.05, 3.63) is 59.8 Å². The average molecular weight is 290 g/mol. The molecule has 21 heavy (non-hydrogen) atoms. The van der Waals surface area contributed by atoms with E-state index in [0.717, 1.165) is 12.1 Å². The minimum atomic E-state index is -1.03. The predicted octanol–water partition coefficient (Wildman–Crippen LogP) is 2.26. The second-order valence-corrected chi connectivity index (χ2v) is 4.75. The van der Waals surface area contributed by atoms with E-state index in [2.05, 4.69) is 4.98 Å². The van der Waals surface area contributed by atoms with Crippen LogP contribution in [0.4, 0.5) is 8.78 Å². The molecule has 0 spiro atoms. The van der Waals surface area contributed by atoms with Crippen LogP contribution in [0.3, 0.4) is 0 Å². The first-order valence-corrected chi connectivity index (χ1v) is 6.45. The number of ether oxygens (including phenoxy) is 1. The van der Waals surface area contributed by atoms with Gasteiger partial charge in [-0.3, -0.25) is 4.79 Å². The molecule has 0 unspecified atom stereocenters. The number of benzene rings is 1. The van der Waals surface area contributed by atoms with Crippen molar-refractivity contribution in [2.24, 2.45) is 0 Å². The van der Waals surface area contributed by atoms with E-state index in [4.69, 9.17) is 4.74 Å². The van der Waals surface area contributed by atoms with Gasteiger partial charge in [0.15, 0.2) is 11.6 Å². The van der Waals surface area contributed by atoms with Gasteiger partial charge in [0.05, 0.1) is 13.1 Å². The molecule has 1 saturated heterocycles. The number of nitrogens with zero attached hydrogens (tertiary/aromatic N) is 2. The Balaban J connectivity index is 1.58. The predicted molar refractivity (Wildman–Crippen MR) is 70.9 cm³/mol. The van der Waals surface area contributed by atoms with Crippen LogP contribution in [-0.4, -0.2) is 35.0 Å². The van der Waals surface area contributed by atoms with E-state index in [1.165, 1.54) is 11.0 Å². The Hall–Kier alpha value is -2.50. The Bertz CT molecular complexity index is 658. The summed E-state index contributed by atoms with van der Waals surface area (Å²) in [5.41, 5.74) is 0.130. The highest BCUT2D eigenvalue weighted by Crippen LogP contribution is 2.19. The summed E-state index contributed by atoms with van der Waals surface area (Å²) in [6, 6.07) is 8.46. The molecule has 1 fully saturated rings. The molecular weight excluding hydrogens is 278 g/mol. The monoisotopic (exact) mass is 290 g/mol. The quantitative estimate of drug-likeness (QED) is 0.871. The standard InChI is InChI=1S/C15H12F2N2O2/c16-12-5-4-10(7-13(12)17)15(20)19-8-11(9-19)21-14-3-1-2-6-18-14/h1-7,11H,8-9H2. The molecule has 0 bridgehead atoms. The number of rotatable bonds is 3. The van der Waals surface area contributed by atoms with Crippen molar-refractivity contribution in [1.29, 1.82) is 0 Å². The third-order valence-corrected chi connectivity index (χ3v) is 3.23. The van der Waals surface area contributed by atoms with Crippen LogP contribution in [0.1, 0.15) is 10.4 Å². The highest BCUT2D eigenvalue weighted by Gasteiger charge is 2.33. The van der Waals surface area contributed by atoms with Crippen LogP contribution in [0.25, 0.3) is 0 Å². The van der Waals surface area contributed by atoms with E-state index in [1.54, 1.807) is 18.3 Å². The number of hydrogen-bond donors (Lipinski definition) is 0. The number of carbonyl (C=O) groups is 1. The molecule has 1 aliphatic rings. The van der Waals surface area contributed by atoms with E-state index in [9.17, 15) is 13.6 Å². The fourth-order valence-corrected chi connectivity index (χ4v) is 2.08. The first-order chi connectivity index (χ1) is 10.1. The fraction of sp³-hybridized carbons (Fsp3) is 0.200. The molecule has 0 N–H and O–H groups in total. The van der Waals surface area contributed by atoms with Gasteiger partial charge in [0, 0.05) is 17.8 Å². The normalized spacial score (nSPS) is 14.7. The minimum Gasteiger partial charge on any atom is -0.471 e. The zero-order valence-corrected chi connectivity index (χ0v) is 11.0. The Morgan fingerprint density at radius 3 is 2.67 bits per heavy atom. The van der Waals surface area contributed by atoms with Crippen LogP contribution in [-0.2, 0) is 0 Å². The summed E-state index contributed by atoms with van der Waals surface area (Å²) in [5.74, 6) is -1.83. The molecule has 1 amide bonds. The van der Waals surface area contributed by atoms with Gasteiger partial charge in [-0.2, -0.15) is 0 Å². The SMILES string of the molecule is O=C(c1ccc(F)c(F)c1)N1CC(Oc2ccccn2)C1. The maximum Gasteiger partial charge on any atom is 0.254 e. The maximum absolute atomic E-state index is 13.1. The number of hydrogen-bond acceptors (Lipinski definition) is 3. The molecule has 0 radical (unpaired) electrons. The molecule has 0 saturated carbocycles. The summed E-state index contributed by atoms with van der Waals surface area (Å²) in [4.78, 5) is 17.6. The zero-order chi connectivity index (χ0) is 14.8. The van der Waals surface area contributed by atoms with E-state index < -0.39 is 11.6 Å². The van der Waals surface area contributed by atoms with Crippen molar-refractivity contribution in [1.82, 2.24) is 9.88 Å². The number of likely N-dealkylation sites (tertiary alicyclic amines) is 1. The van der Waals surface area contributed by atoms with Crippen molar-refractivity contribution in [3.8, 4) is 5.88 Å². The summed E-state index contributed by atoms with van der Waals surface area (Å²) in [7, 11) is 0. The first-order valence-electron chi connectivity index (χ1n) is 6.45. The lowest BCUT2D eigenvalue weighted by atomic mass is 10.1. The molecule has 1 aromatic heterocycles. The van der Waals surface area contributed by atoms with Crippen LogP contribution in [0.5, 0.6) is 5.88 Å². The Morgan fingerprint density at radius 2 is 2.00 bits per heavy atom. The molecule has 6 heteroatoms. The van der Waals surface area contributed by atoms with Gasteiger partial charge in [-0.15, -0.1) is 0 Å². The van der Waals surface area contributed by atoms with Gasteiger partial charge in [0.2, 0.25) is 5.88 Å². The summed E-state index contributed by atoms with van der Waals surface area (Å²) < 4.78 is 31.5. The molecular formula is C15H12F2N2O2. The number of amides is 1. The summed E-state index contributed by atoms with van der Waals surface area (Å²) in [6.45, 7) is 0.794. The summed E-state index contributed by atoms with van der Waals surface area (Å²) in [6.07, 6.45) is 1.49. The maximum atomic E-state index is 13.1. The van der Waals surface area contributed by atoms with Crippen molar-refractivity contribution >= 4 is 5.91 Å². The second kappa shape index (κ2) is 5.47. The highest BCUT2D eigenvalue weighted by molar-refractivity contribution is 5.94. The number of halogens is 2. The van der Waals surface area contributed by atoms with Gasteiger partial charge < -0.3 is 9.64 Å². The van der Waals surface area contributed by atoms with Crippen molar-refractivity contribution in [2.45, 2.75) is 6.10 Å². The Kier molecular flexibility index (Phi) is 3.51. The Labute approximate surface area is 120 Å². The number of pyridine rings is 1. The van der Waals surface area contributed by atoms with Gasteiger partial charge in [0.25, 0.3) is 5.91 Å². The van der Waals surface area contributed by atoms with Crippen molar-refractivity contribution in [3.63, 3.8) is 0 Å². The number of carbonyl (C=O) groups excluding carboxylic acids is 1. The van der Waals surface area contributed by atoms with Gasteiger partial charge in [-0.25, -0.2) is 13.8 Å². The largest absolute Gasteiger partial charge is 0.471 e. The third kappa shape index (κ3) is 2.84. The first kappa shape index (κ1) is 13.5. The molecule has 0 atom stereocenters.